The van der Waals surface area contributed by atoms with Crippen LogP contribution in [0.15, 0.2) is 30.6 Å². The number of rotatable bonds is 4. The van der Waals surface area contributed by atoms with Crippen LogP contribution in [0.3, 0.4) is 0 Å². The van der Waals surface area contributed by atoms with Gasteiger partial charge in [-0.15, -0.1) is 0 Å². The Bertz CT molecular complexity index is 718. The van der Waals surface area contributed by atoms with Crippen LogP contribution in [0, 0.1) is 5.82 Å². The Balaban J connectivity index is 1.78. The van der Waals surface area contributed by atoms with E-state index < -0.39 is 5.82 Å². The summed E-state index contributed by atoms with van der Waals surface area (Å²) in [7, 11) is 3.45. The van der Waals surface area contributed by atoms with E-state index >= 15 is 0 Å². The highest BCUT2D eigenvalue weighted by molar-refractivity contribution is 5.77. The Labute approximate surface area is 139 Å². The maximum absolute atomic E-state index is 13.8. The molecule has 0 N–H and O–H groups in total. The molecule has 1 aliphatic rings. The first kappa shape index (κ1) is 16.4. The molecule has 7 nitrogen and oxygen atoms in total. The lowest BCUT2D eigenvalue weighted by Crippen LogP contribution is -2.41. The highest BCUT2D eigenvalue weighted by Crippen LogP contribution is 2.18. The van der Waals surface area contributed by atoms with Gasteiger partial charge in [-0.2, -0.15) is 5.10 Å². The summed E-state index contributed by atoms with van der Waals surface area (Å²) < 4.78 is 21.4. The molecule has 2 aromatic rings. The van der Waals surface area contributed by atoms with Crippen molar-refractivity contribution in [3.63, 3.8) is 0 Å². The first-order chi connectivity index (χ1) is 11.5. The second kappa shape index (κ2) is 6.96. The number of pyridine rings is 1. The monoisotopic (exact) mass is 333 g/mol. The lowest BCUT2D eigenvalue weighted by molar-refractivity contribution is -0.130. The Hall–Kier alpha value is -2.48. The van der Waals surface area contributed by atoms with Crippen LogP contribution in [0.2, 0.25) is 0 Å². The summed E-state index contributed by atoms with van der Waals surface area (Å²) in [6.45, 7) is 1.82. The SMILES string of the molecule is CN(C)C(=O)CN1Cc2ccnn2C[C@H](Oc2ncccc2F)C1. The predicted octanol–water partition coefficient (Wildman–Crippen LogP) is 0.769. The molecule has 0 unspecified atom stereocenters. The van der Waals surface area contributed by atoms with Crippen LogP contribution >= 0.6 is 0 Å². The summed E-state index contributed by atoms with van der Waals surface area (Å²) in [5, 5.41) is 4.28. The molecule has 8 heteroatoms. The zero-order valence-electron chi connectivity index (χ0n) is 13.7. The van der Waals surface area contributed by atoms with Gasteiger partial charge in [0.15, 0.2) is 5.82 Å². The molecular formula is C16H20FN5O2. The minimum absolute atomic E-state index is 0.00531. The van der Waals surface area contributed by atoms with Gasteiger partial charge in [-0.3, -0.25) is 14.4 Å². The van der Waals surface area contributed by atoms with Gasteiger partial charge in [0, 0.05) is 39.6 Å². The Morgan fingerprint density at radius 2 is 2.21 bits per heavy atom. The molecule has 1 amide bonds. The average Bonchev–Trinajstić information content (AvgIpc) is 2.89. The van der Waals surface area contributed by atoms with Crippen molar-refractivity contribution in [2.24, 2.45) is 0 Å². The quantitative estimate of drug-likeness (QED) is 0.827. The number of carbonyl (C=O) groups excluding carboxylic acids is 1. The van der Waals surface area contributed by atoms with Crippen molar-refractivity contribution in [3.05, 3.63) is 42.1 Å². The molecule has 3 heterocycles. The highest BCUT2D eigenvalue weighted by atomic mass is 19.1. The zero-order chi connectivity index (χ0) is 17.1. The summed E-state index contributed by atoms with van der Waals surface area (Å²) >= 11 is 0. The fraction of sp³-hybridized carbons (Fsp3) is 0.438. The van der Waals surface area contributed by atoms with Crippen molar-refractivity contribution in [3.8, 4) is 5.88 Å². The standard InChI is InChI=1S/C16H20FN5O2/c1-20(2)15(23)11-21-8-12-5-7-19-22(12)10-13(9-21)24-16-14(17)4-3-6-18-16/h3-7,13H,8-11H2,1-2H3/t13-/m1/s1. The van der Waals surface area contributed by atoms with Gasteiger partial charge < -0.3 is 9.64 Å². The molecule has 0 bridgehead atoms. The number of amides is 1. The average molecular weight is 333 g/mol. The minimum Gasteiger partial charge on any atom is -0.469 e. The second-order valence-corrected chi connectivity index (χ2v) is 5.99. The molecule has 2 aromatic heterocycles. The minimum atomic E-state index is -0.502. The van der Waals surface area contributed by atoms with Crippen molar-refractivity contribution in [2.75, 3.05) is 27.2 Å². The molecule has 0 spiro atoms. The predicted molar refractivity (Wildman–Crippen MR) is 84.8 cm³/mol. The van der Waals surface area contributed by atoms with Crippen LogP contribution < -0.4 is 4.74 Å². The Morgan fingerprint density at radius 3 is 2.96 bits per heavy atom. The van der Waals surface area contributed by atoms with Gasteiger partial charge in [-0.1, -0.05) is 0 Å². The highest BCUT2D eigenvalue weighted by Gasteiger charge is 2.26. The third-order valence-electron chi connectivity index (χ3n) is 3.89. The van der Waals surface area contributed by atoms with Crippen LogP contribution in [0.5, 0.6) is 5.88 Å². The number of aromatic nitrogens is 3. The molecule has 0 aliphatic carbocycles. The van der Waals surface area contributed by atoms with E-state index in [4.69, 9.17) is 4.74 Å². The number of halogens is 1. The third-order valence-corrected chi connectivity index (χ3v) is 3.89. The van der Waals surface area contributed by atoms with Crippen LogP contribution in [-0.4, -0.2) is 63.8 Å². The molecular weight excluding hydrogens is 313 g/mol. The van der Waals surface area contributed by atoms with Crippen molar-refractivity contribution < 1.29 is 13.9 Å². The Kier molecular flexibility index (Phi) is 4.75. The van der Waals surface area contributed by atoms with Gasteiger partial charge in [0.2, 0.25) is 5.91 Å². The lowest BCUT2D eigenvalue weighted by Gasteiger charge is -2.24. The summed E-state index contributed by atoms with van der Waals surface area (Å²) in [6.07, 6.45) is 2.85. The van der Waals surface area contributed by atoms with Gasteiger partial charge in [0.1, 0.15) is 6.10 Å². The van der Waals surface area contributed by atoms with E-state index in [0.29, 0.717) is 19.6 Å². The summed E-state index contributed by atoms with van der Waals surface area (Å²) in [6, 6.07) is 4.74. The Morgan fingerprint density at radius 1 is 1.38 bits per heavy atom. The van der Waals surface area contributed by atoms with Crippen molar-refractivity contribution >= 4 is 5.91 Å². The maximum atomic E-state index is 13.8. The second-order valence-electron chi connectivity index (χ2n) is 5.99. The van der Waals surface area contributed by atoms with E-state index in [0.717, 1.165) is 5.69 Å². The molecule has 0 radical (unpaired) electrons. The van der Waals surface area contributed by atoms with Crippen LogP contribution in [0.1, 0.15) is 5.69 Å². The van der Waals surface area contributed by atoms with Crippen molar-refractivity contribution in [2.45, 2.75) is 19.2 Å². The van der Waals surface area contributed by atoms with E-state index in [1.165, 1.54) is 18.3 Å². The van der Waals surface area contributed by atoms with E-state index in [1.807, 2.05) is 15.6 Å². The number of ether oxygens (including phenoxy) is 1. The number of hydrogen-bond acceptors (Lipinski definition) is 5. The smallest absolute Gasteiger partial charge is 0.250 e. The lowest BCUT2D eigenvalue weighted by atomic mass is 10.3. The fourth-order valence-corrected chi connectivity index (χ4v) is 2.63. The number of fused-ring (bicyclic) bond motifs is 1. The first-order valence-corrected chi connectivity index (χ1v) is 7.73. The number of hydrogen-bond donors (Lipinski definition) is 0. The fourth-order valence-electron chi connectivity index (χ4n) is 2.63. The van der Waals surface area contributed by atoms with Crippen LogP contribution in [0.4, 0.5) is 4.39 Å². The zero-order valence-corrected chi connectivity index (χ0v) is 13.7. The van der Waals surface area contributed by atoms with E-state index in [-0.39, 0.29) is 24.4 Å². The maximum Gasteiger partial charge on any atom is 0.250 e. The van der Waals surface area contributed by atoms with Crippen LogP contribution in [0.25, 0.3) is 0 Å². The molecule has 0 saturated carbocycles. The molecule has 128 valence electrons. The molecule has 0 saturated heterocycles. The molecule has 1 aliphatic heterocycles. The number of nitrogens with zero attached hydrogens (tertiary/aromatic N) is 5. The molecule has 3 rings (SSSR count). The summed E-state index contributed by atoms with van der Waals surface area (Å²) in [4.78, 5) is 19.5. The van der Waals surface area contributed by atoms with Crippen molar-refractivity contribution in [1.82, 2.24) is 24.6 Å². The summed E-state index contributed by atoms with van der Waals surface area (Å²) in [5.41, 5.74) is 0.995. The largest absolute Gasteiger partial charge is 0.469 e. The molecule has 0 fully saturated rings. The molecule has 0 aromatic carbocycles. The molecule has 24 heavy (non-hydrogen) atoms. The van der Waals surface area contributed by atoms with Gasteiger partial charge in [-0.25, -0.2) is 9.37 Å². The van der Waals surface area contributed by atoms with Gasteiger partial charge in [0.05, 0.1) is 18.8 Å². The topological polar surface area (TPSA) is 63.5 Å². The third kappa shape index (κ3) is 3.70. The first-order valence-electron chi connectivity index (χ1n) is 7.73. The van der Waals surface area contributed by atoms with Crippen LogP contribution in [-0.2, 0) is 17.9 Å². The van der Waals surface area contributed by atoms with E-state index in [1.54, 1.807) is 25.2 Å². The van der Waals surface area contributed by atoms with E-state index in [2.05, 4.69) is 10.1 Å². The van der Waals surface area contributed by atoms with Crippen molar-refractivity contribution in [1.29, 1.82) is 0 Å². The van der Waals surface area contributed by atoms with Gasteiger partial charge in [-0.05, 0) is 18.2 Å². The summed E-state index contributed by atoms with van der Waals surface area (Å²) in [5.74, 6) is -0.527. The molecule has 1 atom stereocenters. The van der Waals surface area contributed by atoms with Gasteiger partial charge in [0.25, 0.3) is 5.88 Å². The number of carbonyl (C=O) groups is 1. The normalized spacial score (nSPS) is 17.9. The van der Waals surface area contributed by atoms with E-state index in [9.17, 15) is 9.18 Å². The van der Waals surface area contributed by atoms with Gasteiger partial charge >= 0.3 is 0 Å². The number of likely N-dealkylation sites (N-methyl/N-ethyl adjacent to an activating group) is 1.